The fourth-order valence-corrected chi connectivity index (χ4v) is 3.86. The minimum Gasteiger partial charge on any atom is -0.478 e. The molecule has 0 unspecified atom stereocenters. The van der Waals surface area contributed by atoms with Gasteiger partial charge < -0.3 is 10.4 Å². The lowest BCUT2D eigenvalue weighted by Crippen LogP contribution is -2.12. The minimum absolute atomic E-state index is 0.348. The molecule has 8 heteroatoms. The van der Waals surface area contributed by atoms with Gasteiger partial charge in [0.15, 0.2) is 0 Å². The minimum atomic E-state index is -1.05. The molecule has 1 amide bonds. The summed E-state index contributed by atoms with van der Waals surface area (Å²) in [5, 5.41) is 11.5. The Morgan fingerprint density at radius 1 is 0.711 bits per heavy atom. The number of hydrogen-bond acceptors (Lipinski definition) is 4. The van der Waals surface area contributed by atoms with Crippen LogP contribution in [0.15, 0.2) is 97.1 Å². The van der Waals surface area contributed by atoms with Crippen molar-refractivity contribution in [1.82, 2.24) is 9.97 Å². The summed E-state index contributed by atoms with van der Waals surface area (Å²) in [5.41, 5.74) is 4.77. The number of carboxylic acids is 1. The summed E-state index contributed by atoms with van der Waals surface area (Å²) in [6.45, 7) is 0. The Morgan fingerprint density at radius 2 is 1.26 bits per heavy atom. The average molecular weight is 507 g/mol. The number of carbonyl (C=O) groups excluding carboxylic acids is 1. The van der Waals surface area contributed by atoms with Gasteiger partial charge in [-0.2, -0.15) is 0 Å². The van der Waals surface area contributed by atoms with Gasteiger partial charge in [-0.05, 0) is 90.5 Å². The van der Waals surface area contributed by atoms with Crippen LogP contribution in [0, 0.1) is 11.6 Å². The molecule has 5 aromatic rings. The van der Waals surface area contributed by atoms with Crippen LogP contribution in [0.2, 0.25) is 0 Å². The molecule has 1 heterocycles. The van der Waals surface area contributed by atoms with Crippen molar-refractivity contribution in [2.24, 2.45) is 0 Å². The third-order valence-electron chi connectivity index (χ3n) is 5.75. The zero-order valence-electron chi connectivity index (χ0n) is 19.7. The van der Waals surface area contributed by atoms with Crippen molar-refractivity contribution >= 4 is 34.7 Å². The van der Waals surface area contributed by atoms with Crippen molar-refractivity contribution in [3.63, 3.8) is 0 Å². The first-order chi connectivity index (χ1) is 18.4. The van der Waals surface area contributed by atoms with Crippen molar-refractivity contribution in [3.05, 3.63) is 120 Å². The zero-order valence-corrected chi connectivity index (χ0v) is 19.7. The number of nitrogens with one attached hydrogen (secondary N) is 1. The van der Waals surface area contributed by atoms with Gasteiger partial charge in [-0.25, -0.2) is 23.5 Å². The Balaban J connectivity index is 1.49. The van der Waals surface area contributed by atoms with E-state index in [4.69, 9.17) is 15.1 Å². The van der Waals surface area contributed by atoms with E-state index in [-0.39, 0.29) is 11.7 Å². The molecular weight excluding hydrogens is 488 g/mol. The van der Waals surface area contributed by atoms with Crippen LogP contribution in [0.3, 0.4) is 0 Å². The van der Waals surface area contributed by atoms with Crippen LogP contribution in [0.1, 0.15) is 15.9 Å². The number of amides is 1. The molecule has 38 heavy (non-hydrogen) atoms. The third-order valence-corrected chi connectivity index (χ3v) is 5.75. The number of hydrogen-bond donors (Lipinski definition) is 2. The Kier molecular flexibility index (Phi) is 6.69. The van der Waals surface area contributed by atoms with E-state index in [0.717, 1.165) is 6.08 Å². The molecule has 4 aromatic carbocycles. The first kappa shape index (κ1) is 24.5. The molecule has 5 rings (SSSR count). The molecular formula is C30H19F2N3O3. The molecule has 6 nitrogen and oxygen atoms in total. The molecule has 0 aliphatic rings. The molecule has 0 aliphatic carbocycles. The topological polar surface area (TPSA) is 92.2 Å². The number of nitrogens with zero attached hydrogens (tertiary/aromatic N) is 2. The first-order valence-electron chi connectivity index (χ1n) is 11.5. The van der Waals surface area contributed by atoms with Gasteiger partial charge in [0.2, 0.25) is 0 Å². The maximum absolute atomic E-state index is 13.6. The predicted molar refractivity (Wildman–Crippen MR) is 141 cm³/mol. The summed E-state index contributed by atoms with van der Waals surface area (Å²) < 4.78 is 27.1. The molecule has 0 radical (unpaired) electrons. The molecule has 0 atom stereocenters. The van der Waals surface area contributed by atoms with Gasteiger partial charge in [0, 0.05) is 28.5 Å². The largest absolute Gasteiger partial charge is 0.478 e. The van der Waals surface area contributed by atoms with Crippen LogP contribution in [0.25, 0.3) is 39.6 Å². The number of rotatable bonds is 6. The van der Waals surface area contributed by atoms with E-state index in [0.29, 0.717) is 50.4 Å². The summed E-state index contributed by atoms with van der Waals surface area (Å²) in [5.74, 6) is -2.19. The fourth-order valence-electron chi connectivity index (χ4n) is 3.86. The van der Waals surface area contributed by atoms with Crippen molar-refractivity contribution < 1.29 is 23.5 Å². The normalized spacial score (nSPS) is 11.1. The maximum atomic E-state index is 13.6. The van der Waals surface area contributed by atoms with Crippen molar-refractivity contribution in [2.45, 2.75) is 0 Å². The van der Waals surface area contributed by atoms with Crippen LogP contribution < -0.4 is 5.32 Å². The van der Waals surface area contributed by atoms with E-state index in [1.807, 2.05) is 0 Å². The fraction of sp³-hybridized carbons (Fsp3) is 0. The highest BCUT2D eigenvalue weighted by atomic mass is 19.1. The summed E-state index contributed by atoms with van der Waals surface area (Å²) in [6.07, 6.45) is 2.49. The molecule has 0 bridgehead atoms. The van der Waals surface area contributed by atoms with E-state index < -0.39 is 11.8 Å². The second-order valence-corrected chi connectivity index (χ2v) is 8.39. The predicted octanol–water partition coefficient (Wildman–Crippen LogP) is 6.59. The molecule has 0 spiro atoms. The average Bonchev–Trinajstić information content (AvgIpc) is 2.92. The molecule has 1 aromatic heterocycles. The Labute approximate surface area is 215 Å². The lowest BCUT2D eigenvalue weighted by Gasteiger charge is -2.12. The summed E-state index contributed by atoms with van der Waals surface area (Å²) in [7, 11) is 0. The van der Waals surface area contributed by atoms with Gasteiger partial charge in [-0.15, -0.1) is 0 Å². The van der Waals surface area contributed by atoms with Crippen LogP contribution >= 0.6 is 0 Å². The SMILES string of the molecule is O=C(O)/C=C/c1ccc(NC(=O)c2ccc3nc(-c4ccc(F)cc4)c(-c4ccc(F)cc4)nc3c2)cc1. The molecule has 0 fully saturated rings. The molecule has 186 valence electrons. The van der Waals surface area contributed by atoms with E-state index in [1.165, 1.54) is 30.3 Å². The van der Waals surface area contributed by atoms with Crippen LogP contribution in [-0.2, 0) is 4.79 Å². The zero-order chi connectivity index (χ0) is 26.6. The van der Waals surface area contributed by atoms with Crippen LogP contribution in [-0.4, -0.2) is 27.0 Å². The van der Waals surface area contributed by atoms with E-state index in [2.05, 4.69) is 5.32 Å². The molecule has 0 saturated heterocycles. The van der Waals surface area contributed by atoms with Gasteiger partial charge in [0.05, 0.1) is 22.4 Å². The number of carboxylic acid groups (broad SMARTS) is 1. The Hall–Kier alpha value is -5.24. The standard InChI is InChI=1S/C30H19F2N3O3/c31-22-9-4-19(5-10-22)28-29(20-6-11-23(32)12-7-20)35-26-17-21(8-15-25(26)34-28)30(38)33-24-13-1-18(2-14-24)3-16-27(36)37/h1-17H,(H,33,38)(H,36,37)/b16-3+. The quantitative estimate of drug-likeness (QED) is 0.253. The lowest BCUT2D eigenvalue weighted by atomic mass is 10.0. The third kappa shape index (κ3) is 5.44. The second-order valence-electron chi connectivity index (χ2n) is 8.39. The number of carbonyl (C=O) groups is 2. The second kappa shape index (κ2) is 10.4. The van der Waals surface area contributed by atoms with Gasteiger partial charge in [-0.1, -0.05) is 12.1 Å². The molecule has 0 saturated carbocycles. The van der Waals surface area contributed by atoms with E-state index in [1.54, 1.807) is 66.7 Å². The van der Waals surface area contributed by atoms with E-state index >= 15 is 0 Å². The number of anilines is 1. The first-order valence-corrected chi connectivity index (χ1v) is 11.5. The molecule has 0 aliphatic heterocycles. The number of aliphatic carboxylic acids is 1. The number of benzene rings is 4. The monoisotopic (exact) mass is 507 g/mol. The van der Waals surface area contributed by atoms with Crippen LogP contribution in [0.4, 0.5) is 14.5 Å². The van der Waals surface area contributed by atoms with Gasteiger partial charge >= 0.3 is 5.97 Å². The van der Waals surface area contributed by atoms with Gasteiger partial charge in [0.1, 0.15) is 11.6 Å². The number of aromatic nitrogens is 2. The molecule has 2 N–H and O–H groups in total. The lowest BCUT2D eigenvalue weighted by molar-refractivity contribution is -0.131. The van der Waals surface area contributed by atoms with Gasteiger partial charge in [0.25, 0.3) is 5.91 Å². The highest BCUT2D eigenvalue weighted by Crippen LogP contribution is 2.31. The Morgan fingerprint density at radius 3 is 1.82 bits per heavy atom. The Bertz CT molecular complexity index is 1680. The maximum Gasteiger partial charge on any atom is 0.328 e. The van der Waals surface area contributed by atoms with Crippen molar-refractivity contribution in [3.8, 4) is 22.5 Å². The van der Waals surface area contributed by atoms with Crippen molar-refractivity contribution in [1.29, 1.82) is 0 Å². The number of fused-ring (bicyclic) bond motifs is 1. The summed E-state index contributed by atoms with van der Waals surface area (Å²) in [6, 6.07) is 23.3. The highest BCUT2D eigenvalue weighted by molar-refractivity contribution is 6.06. The van der Waals surface area contributed by atoms with Crippen molar-refractivity contribution in [2.75, 3.05) is 5.32 Å². The summed E-state index contributed by atoms with van der Waals surface area (Å²) >= 11 is 0. The smallest absolute Gasteiger partial charge is 0.328 e. The van der Waals surface area contributed by atoms with Gasteiger partial charge in [-0.3, -0.25) is 4.79 Å². The summed E-state index contributed by atoms with van der Waals surface area (Å²) in [4.78, 5) is 33.1. The highest BCUT2D eigenvalue weighted by Gasteiger charge is 2.15. The number of halogens is 2. The van der Waals surface area contributed by atoms with E-state index in [9.17, 15) is 18.4 Å². The van der Waals surface area contributed by atoms with Crippen LogP contribution in [0.5, 0.6) is 0 Å².